The second-order valence-corrected chi connectivity index (χ2v) is 10.7. The van der Waals surface area contributed by atoms with E-state index in [2.05, 4.69) is 12.6 Å². The van der Waals surface area contributed by atoms with E-state index in [0.29, 0.717) is 0 Å². The van der Waals surface area contributed by atoms with Gasteiger partial charge in [-0.05, 0) is 6.42 Å². The molecule has 0 radical (unpaired) electrons. The molecule has 0 amide bonds. The second-order valence-electron chi connectivity index (χ2n) is 6.94. The molecule has 0 fully saturated rings. The summed E-state index contributed by atoms with van der Waals surface area (Å²) in [4.78, 5) is 0. The van der Waals surface area contributed by atoms with Crippen molar-refractivity contribution in [3.05, 3.63) is 0 Å². The molecule has 35 heavy (non-hydrogen) atoms. The largest absolute Gasteiger partial charge is 0.500 e. The number of halogens is 15. The zero-order valence-corrected chi connectivity index (χ0v) is 19.5. The molecular formula is C15H19F15O3SSi. The average molecular weight is 592 g/mol. The zero-order valence-electron chi connectivity index (χ0n) is 17.6. The molecule has 0 saturated heterocycles. The minimum Gasteiger partial charge on any atom is -0.377 e. The van der Waals surface area contributed by atoms with Gasteiger partial charge in [-0.3, -0.25) is 0 Å². The summed E-state index contributed by atoms with van der Waals surface area (Å²) in [6.07, 6.45) is -21.1. The third kappa shape index (κ3) is 5.95. The Morgan fingerprint density at radius 3 is 1.34 bits per heavy atom. The Labute approximate surface area is 195 Å². The summed E-state index contributed by atoms with van der Waals surface area (Å²) >= 11 is 2.95. The normalized spacial score (nSPS) is 18.5. The van der Waals surface area contributed by atoms with Crippen molar-refractivity contribution in [2.45, 2.75) is 72.3 Å². The molecule has 0 heterocycles. The Morgan fingerprint density at radius 1 is 0.629 bits per heavy atom. The molecule has 0 bridgehead atoms. The van der Waals surface area contributed by atoms with Gasteiger partial charge in [0.15, 0.2) is 12.3 Å². The molecule has 0 aromatic carbocycles. The summed E-state index contributed by atoms with van der Waals surface area (Å²) in [5, 5.41) is -3.29. The van der Waals surface area contributed by atoms with Crippen LogP contribution in [-0.4, -0.2) is 89.9 Å². The molecule has 0 aliphatic heterocycles. The van der Waals surface area contributed by atoms with Crippen LogP contribution in [0.3, 0.4) is 0 Å². The third-order valence-corrected chi connectivity index (χ3v) is 8.22. The fourth-order valence-corrected chi connectivity index (χ4v) is 4.84. The highest BCUT2D eigenvalue weighted by Gasteiger charge is 2.88. The monoisotopic (exact) mass is 592 g/mol. The molecule has 0 N–H and O–H groups in total. The fourth-order valence-electron chi connectivity index (χ4n) is 2.55. The zero-order chi connectivity index (χ0) is 28.4. The lowest BCUT2D eigenvalue weighted by atomic mass is 9.89. The smallest absolute Gasteiger partial charge is 0.377 e. The quantitative estimate of drug-likeness (QED) is 0.144. The van der Waals surface area contributed by atoms with Crippen LogP contribution >= 0.6 is 12.6 Å². The van der Waals surface area contributed by atoms with Gasteiger partial charge in [-0.15, -0.1) is 0 Å². The molecule has 3 nitrogen and oxygen atoms in total. The highest BCUT2D eigenvalue weighted by atomic mass is 32.1. The van der Waals surface area contributed by atoms with Gasteiger partial charge in [0, 0.05) is 27.4 Å². The summed E-state index contributed by atoms with van der Waals surface area (Å²) in [6, 6.07) is -0.851. The van der Waals surface area contributed by atoms with Crippen LogP contribution in [0, 0.1) is 0 Å². The van der Waals surface area contributed by atoms with Crippen molar-refractivity contribution in [3.63, 3.8) is 0 Å². The first-order valence-corrected chi connectivity index (χ1v) is 11.4. The van der Waals surface area contributed by atoms with E-state index in [1.54, 1.807) is 0 Å². The van der Waals surface area contributed by atoms with Crippen molar-refractivity contribution in [1.29, 1.82) is 0 Å². The van der Waals surface area contributed by atoms with Crippen LogP contribution in [0.4, 0.5) is 65.9 Å². The van der Waals surface area contributed by atoms with Gasteiger partial charge in [-0.25, -0.2) is 22.0 Å². The Balaban J connectivity index is 6.21. The Bertz CT molecular complexity index is 672. The average Bonchev–Trinajstić information content (AvgIpc) is 2.77. The lowest BCUT2D eigenvalue weighted by Gasteiger charge is -2.42. The molecule has 0 aromatic rings. The Hall–Kier alpha value is -0.603. The maximum absolute atomic E-state index is 14.2. The van der Waals surface area contributed by atoms with E-state index in [-0.39, 0.29) is 0 Å². The molecule has 0 aromatic heterocycles. The van der Waals surface area contributed by atoms with E-state index in [0.717, 1.165) is 21.3 Å². The molecule has 20 heteroatoms. The molecular weight excluding hydrogens is 573 g/mol. The fraction of sp³-hybridized carbons (Fsp3) is 1.00. The Morgan fingerprint density at radius 2 is 1.00 bits per heavy atom. The first-order chi connectivity index (χ1) is 15.5. The van der Waals surface area contributed by atoms with Gasteiger partial charge in [-0.1, -0.05) is 0 Å². The van der Waals surface area contributed by atoms with Gasteiger partial charge in [0.25, 0.3) is 6.43 Å². The number of alkyl halides is 15. The standard InChI is InChI=1S/C15H19F15O3SSi/c1-31-35(32-2,33-3)5-4-6(34)11(21,22)13(25,26)15(29,30)14(27,28)12(23,24)9(18)7(16)8(17)10(19)20/h6-10,34H,4-5H2,1-3H3. The van der Waals surface area contributed by atoms with Gasteiger partial charge in [0.2, 0.25) is 6.17 Å². The van der Waals surface area contributed by atoms with Crippen molar-refractivity contribution in [3.8, 4) is 0 Å². The number of hydrogen-bond acceptors (Lipinski definition) is 4. The predicted octanol–water partition coefficient (Wildman–Crippen LogP) is 6.01. The van der Waals surface area contributed by atoms with E-state index >= 15 is 0 Å². The van der Waals surface area contributed by atoms with Crippen LogP contribution < -0.4 is 0 Å². The highest BCUT2D eigenvalue weighted by Crippen LogP contribution is 2.59. The third-order valence-electron chi connectivity index (χ3n) is 4.87. The number of thiol groups is 1. The summed E-state index contributed by atoms with van der Waals surface area (Å²) in [5.41, 5.74) is 0. The lowest BCUT2D eigenvalue weighted by Crippen LogP contribution is -2.71. The number of rotatable bonds is 15. The van der Waals surface area contributed by atoms with Crippen LogP contribution in [0.25, 0.3) is 0 Å². The maximum Gasteiger partial charge on any atom is 0.500 e. The van der Waals surface area contributed by atoms with E-state index in [4.69, 9.17) is 13.3 Å². The van der Waals surface area contributed by atoms with Gasteiger partial charge >= 0.3 is 38.4 Å². The maximum atomic E-state index is 14.2. The van der Waals surface area contributed by atoms with Crippen LogP contribution in [0.5, 0.6) is 0 Å². The Kier molecular flexibility index (Phi) is 11.2. The van der Waals surface area contributed by atoms with E-state index in [1.165, 1.54) is 0 Å². The van der Waals surface area contributed by atoms with E-state index in [1.807, 2.05) is 0 Å². The molecule has 4 atom stereocenters. The van der Waals surface area contributed by atoms with Crippen LogP contribution in [0.1, 0.15) is 6.42 Å². The molecule has 0 aliphatic rings. The summed E-state index contributed by atoms with van der Waals surface area (Å²) in [5.74, 6) is -36.9. The van der Waals surface area contributed by atoms with Crippen LogP contribution in [-0.2, 0) is 13.3 Å². The van der Waals surface area contributed by atoms with Gasteiger partial charge in [0.1, 0.15) is 0 Å². The van der Waals surface area contributed by atoms with E-state index in [9.17, 15) is 65.9 Å². The highest BCUT2D eigenvalue weighted by molar-refractivity contribution is 7.81. The van der Waals surface area contributed by atoms with Gasteiger partial charge in [-0.2, -0.15) is 56.5 Å². The second kappa shape index (κ2) is 11.4. The van der Waals surface area contributed by atoms with Crippen LogP contribution in [0.2, 0.25) is 6.04 Å². The van der Waals surface area contributed by atoms with Crippen molar-refractivity contribution < 1.29 is 79.1 Å². The summed E-state index contributed by atoms with van der Waals surface area (Å²) in [6.45, 7) is 0. The van der Waals surface area contributed by atoms with Crippen molar-refractivity contribution in [1.82, 2.24) is 0 Å². The summed E-state index contributed by atoms with van der Waals surface area (Å²) in [7, 11) is -1.11. The minimum atomic E-state index is -7.85. The van der Waals surface area contributed by atoms with E-state index < -0.39 is 81.1 Å². The molecule has 4 unspecified atom stereocenters. The SMILES string of the molecule is CO[Si](CCC(S)C(F)(F)C(F)(F)C(F)(F)C(F)(F)C(F)(F)C(F)C(F)C(F)C(F)F)(OC)OC. The molecule has 212 valence electrons. The molecule has 0 rings (SSSR count). The molecule has 0 saturated carbocycles. The molecule has 0 spiro atoms. The summed E-state index contributed by atoms with van der Waals surface area (Å²) < 4.78 is 217. The topological polar surface area (TPSA) is 27.7 Å². The van der Waals surface area contributed by atoms with Gasteiger partial charge < -0.3 is 13.3 Å². The van der Waals surface area contributed by atoms with Crippen molar-refractivity contribution in [2.24, 2.45) is 0 Å². The van der Waals surface area contributed by atoms with Crippen molar-refractivity contribution >= 4 is 21.4 Å². The number of hydrogen-bond donors (Lipinski definition) is 1. The predicted molar refractivity (Wildman–Crippen MR) is 94.4 cm³/mol. The first-order valence-electron chi connectivity index (χ1n) is 8.92. The molecule has 0 aliphatic carbocycles. The van der Waals surface area contributed by atoms with Gasteiger partial charge in [0.05, 0.1) is 5.25 Å². The lowest BCUT2D eigenvalue weighted by molar-refractivity contribution is -0.409. The first kappa shape index (κ1) is 34.4. The minimum absolute atomic E-state index is 0.851. The van der Waals surface area contributed by atoms with Crippen molar-refractivity contribution in [2.75, 3.05) is 21.3 Å². The van der Waals surface area contributed by atoms with Crippen LogP contribution in [0.15, 0.2) is 0 Å².